The van der Waals surface area contributed by atoms with E-state index in [9.17, 15) is 4.79 Å². The first-order valence-corrected chi connectivity index (χ1v) is 6.94. The van der Waals surface area contributed by atoms with E-state index in [0.29, 0.717) is 6.54 Å². The summed E-state index contributed by atoms with van der Waals surface area (Å²) in [5, 5.41) is 3.15. The Kier molecular flexibility index (Phi) is 4.99. The highest BCUT2D eigenvalue weighted by molar-refractivity contribution is 5.82. The lowest BCUT2D eigenvalue weighted by Gasteiger charge is -2.30. The summed E-state index contributed by atoms with van der Waals surface area (Å²) in [6, 6.07) is 0. The van der Waals surface area contributed by atoms with Crippen molar-refractivity contribution in [3.05, 3.63) is 0 Å². The molecule has 0 bridgehead atoms. The molecule has 1 saturated carbocycles. The number of nitrogens with one attached hydrogen (secondary N) is 1. The number of rotatable bonds is 6. The van der Waals surface area contributed by atoms with Gasteiger partial charge in [0.25, 0.3) is 0 Å². The lowest BCUT2D eigenvalue weighted by atomic mass is 9.81. The van der Waals surface area contributed by atoms with Gasteiger partial charge in [-0.1, -0.05) is 33.6 Å². The van der Waals surface area contributed by atoms with E-state index >= 15 is 0 Å². The summed E-state index contributed by atoms with van der Waals surface area (Å²) in [5.74, 6) is 0.266. The van der Waals surface area contributed by atoms with Gasteiger partial charge in [-0.05, 0) is 37.6 Å². The second-order valence-electron chi connectivity index (χ2n) is 6.23. The number of hydrogen-bond acceptors (Lipinski definition) is 2. The molecule has 0 aromatic rings. The first-order valence-electron chi connectivity index (χ1n) is 6.94. The van der Waals surface area contributed by atoms with E-state index in [1.54, 1.807) is 0 Å². The van der Waals surface area contributed by atoms with Crippen LogP contribution in [0.25, 0.3) is 0 Å². The van der Waals surface area contributed by atoms with Crippen LogP contribution in [0.15, 0.2) is 0 Å². The van der Waals surface area contributed by atoms with E-state index in [-0.39, 0.29) is 16.7 Å². The SMILES string of the molecule is CCC1(C(=O)NCC(C)(C)CCN)CCCC1. The lowest BCUT2D eigenvalue weighted by molar-refractivity contribution is -0.131. The van der Waals surface area contributed by atoms with Crippen LogP contribution in [0.5, 0.6) is 0 Å². The quantitative estimate of drug-likeness (QED) is 0.749. The van der Waals surface area contributed by atoms with Gasteiger partial charge in [-0.25, -0.2) is 0 Å². The van der Waals surface area contributed by atoms with Crippen molar-refractivity contribution in [1.29, 1.82) is 0 Å². The largest absolute Gasteiger partial charge is 0.355 e. The fraction of sp³-hybridized carbons (Fsp3) is 0.929. The van der Waals surface area contributed by atoms with Crippen molar-refractivity contribution in [2.75, 3.05) is 13.1 Å². The fourth-order valence-electron chi connectivity index (χ4n) is 2.78. The van der Waals surface area contributed by atoms with E-state index in [1.807, 2.05) is 0 Å². The van der Waals surface area contributed by atoms with E-state index in [2.05, 4.69) is 26.1 Å². The Morgan fingerprint density at radius 3 is 2.41 bits per heavy atom. The molecule has 1 fully saturated rings. The van der Waals surface area contributed by atoms with Crippen LogP contribution in [0, 0.1) is 10.8 Å². The molecule has 1 aliphatic rings. The Labute approximate surface area is 106 Å². The molecule has 1 amide bonds. The van der Waals surface area contributed by atoms with Gasteiger partial charge in [-0.15, -0.1) is 0 Å². The standard InChI is InChI=1S/C14H28N2O/c1-4-14(7-5-6-8-14)12(17)16-11-13(2,3)9-10-15/h4-11,15H2,1-3H3,(H,16,17). The minimum Gasteiger partial charge on any atom is -0.355 e. The Morgan fingerprint density at radius 2 is 1.94 bits per heavy atom. The molecule has 17 heavy (non-hydrogen) atoms. The van der Waals surface area contributed by atoms with Crippen LogP contribution >= 0.6 is 0 Å². The number of carbonyl (C=O) groups excluding carboxylic acids is 1. The Morgan fingerprint density at radius 1 is 1.35 bits per heavy atom. The summed E-state index contributed by atoms with van der Waals surface area (Å²) in [7, 11) is 0. The molecule has 3 heteroatoms. The molecule has 3 N–H and O–H groups in total. The van der Waals surface area contributed by atoms with Crippen molar-refractivity contribution in [2.45, 2.75) is 59.3 Å². The summed E-state index contributed by atoms with van der Waals surface area (Å²) in [5.41, 5.74) is 5.62. The van der Waals surface area contributed by atoms with Gasteiger partial charge in [0.15, 0.2) is 0 Å². The van der Waals surface area contributed by atoms with Gasteiger partial charge in [0.05, 0.1) is 0 Å². The van der Waals surface area contributed by atoms with Gasteiger partial charge in [-0.3, -0.25) is 4.79 Å². The van der Waals surface area contributed by atoms with Crippen LogP contribution < -0.4 is 11.1 Å². The summed E-state index contributed by atoms with van der Waals surface area (Å²) < 4.78 is 0. The van der Waals surface area contributed by atoms with Crippen molar-refractivity contribution in [3.8, 4) is 0 Å². The molecule has 0 atom stereocenters. The average Bonchev–Trinajstić information content (AvgIpc) is 2.75. The normalized spacial score (nSPS) is 19.3. The van der Waals surface area contributed by atoms with E-state index in [1.165, 1.54) is 12.8 Å². The molecule has 1 rings (SSSR count). The molecule has 0 spiro atoms. The molecular formula is C14H28N2O. The van der Waals surface area contributed by atoms with Gasteiger partial charge in [0.2, 0.25) is 5.91 Å². The number of carbonyl (C=O) groups is 1. The number of nitrogens with two attached hydrogens (primary N) is 1. The van der Waals surface area contributed by atoms with Crippen LogP contribution in [-0.2, 0) is 4.79 Å². The van der Waals surface area contributed by atoms with Crippen molar-refractivity contribution < 1.29 is 4.79 Å². The zero-order valence-electron chi connectivity index (χ0n) is 11.6. The molecule has 0 aromatic heterocycles. The summed E-state index contributed by atoms with van der Waals surface area (Å²) in [4.78, 5) is 12.3. The first kappa shape index (κ1) is 14.5. The number of amides is 1. The van der Waals surface area contributed by atoms with Gasteiger partial charge < -0.3 is 11.1 Å². The van der Waals surface area contributed by atoms with Gasteiger partial charge in [0.1, 0.15) is 0 Å². The third-order valence-corrected chi connectivity index (χ3v) is 4.27. The molecule has 3 nitrogen and oxygen atoms in total. The van der Waals surface area contributed by atoms with Gasteiger partial charge in [-0.2, -0.15) is 0 Å². The third kappa shape index (κ3) is 3.70. The summed E-state index contributed by atoms with van der Waals surface area (Å²) in [6.07, 6.45) is 6.45. The molecular weight excluding hydrogens is 212 g/mol. The maximum Gasteiger partial charge on any atom is 0.226 e. The summed E-state index contributed by atoms with van der Waals surface area (Å²) in [6.45, 7) is 7.88. The van der Waals surface area contributed by atoms with Crippen LogP contribution in [0.4, 0.5) is 0 Å². The van der Waals surface area contributed by atoms with E-state index in [4.69, 9.17) is 5.73 Å². The van der Waals surface area contributed by atoms with E-state index in [0.717, 1.165) is 32.2 Å². The van der Waals surface area contributed by atoms with Crippen LogP contribution in [0.3, 0.4) is 0 Å². The smallest absolute Gasteiger partial charge is 0.226 e. The Bertz CT molecular complexity index is 255. The zero-order valence-corrected chi connectivity index (χ0v) is 11.6. The minimum atomic E-state index is -0.0706. The van der Waals surface area contributed by atoms with Crippen molar-refractivity contribution in [2.24, 2.45) is 16.6 Å². The predicted octanol–water partition coefficient (Wildman–Crippen LogP) is 2.45. The van der Waals surface area contributed by atoms with Crippen LogP contribution in [-0.4, -0.2) is 19.0 Å². The fourth-order valence-corrected chi connectivity index (χ4v) is 2.78. The number of hydrogen-bond donors (Lipinski definition) is 2. The average molecular weight is 240 g/mol. The molecule has 1 aliphatic carbocycles. The molecule has 0 unspecified atom stereocenters. The lowest BCUT2D eigenvalue weighted by Crippen LogP contribution is -2.43. The highest BCUT2D eigenvalue weighted by Crippen LogP contribution is 2.41. The second-order valence-corrected chi connectivity index (χ2v) is 6.23. The maximum atomic E-state index is 12.3. The molecule has 100 valence electrons. The minimum absolute atomic E-state index is 0.0706. The van der Waals surface area contributed by atoms with E-state index < -0.39 is 0 Å². The van der Waals surface area contributed by atoms with Crippen molar-refractivity contribution >= 4 is 5.91 Å². The van der Waals surface area contributed by atoms with Crippen LogP contribution in [0.2, 0.25) is 0 Å². The molecule has 0 heterocycles. The molecule has 0 radical (unpaired) electrons. The monoisotopic (exact) mass is 240 g/mol. The van der Waals surface area contributed by atoms with Crippen molar-refractivity contribution in [1.82, 2.24) is 5.32 Å². The predicted molar refractivity (Wildman–Crippen MR) is 71.7 cm³/mol. The molecule has 0 aliphatic heterocycles. The second kappa shape index (κ2) is 5.85. The van der Waals surface area contributed by atoms with Crippen LogP contribution in [0.1, 0.15) is 59.3 Å². The zero-order chi connectivity index (χ0) is 12.9. The first-order chi connectivity index (χ1) is 7.96. The summed E-state index contributed by atoms with van der Waals surface area (Å²) >= 11 is 0. The van der Waals surface area contributed by atoms with Gasteiger partial charge in [0, 0.05) is 12.0 Å². The Hall–Kier alpha value is -0.570. The highest BCUT2D eigenvalue weighted by atomic mass is 16.2. The highest BCUT2D eigenvalue weighted by Gasteiger charge is 2.39. The molecule has 0 saturated heterocycles. The molecule has 0 aromatic carbocycles. The topological polar surface area (TPSA) is 55.1 Å². The third-order valence-electron chi connectivity index (χ3n) is 4.27. The van der Waals surface area contributed by atoms with Gasteiger partial charge >= 0.3 is 0 Å². The maximum absolute atomic E-state index is 12.3. The van der Waals surface area contributed by atoms with Crippen molar-refractivity contribution in [3.63, 3.8) is 0 Å². The Balaban J connectivity index is 2.48.